The van der Waals surface area contributed by atoms with E-state index in [0.29, 0.717) is 6.42 Å². The van der Waals surface area contributed by atoms with Crippen molar-refractivity contribution in [2.24, 2.45) is 5.73 Å². The summed E-state index contributed by atoms with van der Waals surface area (Å²) >= 11 is 0. The number of halogens is 2. The van der Waals surface area contributed by atoms with E-state index in [0.717, 1.165) is 44.5 Å². The molecule has 0 bridgehead atoms. The second-order valence-corrected chi connectivity index (χ2v) is 7.16. The molecule has 1 fully saturated rings. The molecule has 1 saturated heterocycles. The maximum Gasteiger partial charge on any atom is 0.237 e. The van der Waals surface area contributed by atoms with Gasteiger partial charge in [-0.05, 0) is 36.8 Å². The van der Waals surface area contributed by atoms with Crippen molar-refractivity contribution in [3.05, 3.63) is 71.8 Å². The summed E-state index contributed by atoms with van der Waals surface area (Å²) in [6, 6.07) is 20.3. The monoisotopic (exact) mass is 423 g/mol. The highest BCUT2D eigenvalue weighted by atomic mass is 35.5. The Balaban J connectivity index is 0.00000196. The maximum atomic E-state index is 12.4. The first-order valence-corrected chi connectivity index (χ1v) is 9.57. The van der Waals surface area contributed by atoms with Crippen LogP contribution in [0.5, 0.6) is 0 Å². The average molecular weight is 424 g/mol. The first-order chi connectivity index (χ1) is 12.7. The molecule has 0 radical (unpaired) electrons. The molecule has 1 aliphatic heterocycles. The third-order valence-electron chi connectivity index (χ3n) is 5.13. The predicted octanol–water partition coefficient (Wildman–Crippen LogP) is 3.22. The lowest BCUT2D eigenvalue weighted by Crippen LogP contribution is -2.50. The highest BCUT2D eigenvalue weighted by Gasteiger charge is 2.23. The van der Waals surface area contributed by atoms with Crippen molar-refractivity contribution in [2.45, 2.75) is 37.8 Å². The molecule has 3 rings (SSSR count). The minimum absolute atomic E-state index is 0. The molecule has 1 amide bonds. The molecule has 0 aromatic heterocycles. The standard InChI is InChI=1S/C22H29N3O.2ClH/c23-21(17-19-9-5-2-6-10-19)22(26)24-20-12-15-25(16-13-20)14-11-18-7-3-1-4-8-18;;/h1-10,20-21H,11-17,23H2,(H,24,26);2*1H. The van der Waals surface area contributed by atoms with Crippen molar-refractivity contribution in [1.29, 1.82) is 0 Å². The molecular weight excluding hydrogens is 393 g/mol. The fourth-order valence-corrected chi connectivity index (χ4v) is 3.50. The molecule has 154 valence electrons. The smallest absolute Gasteiger partial charge is 0.237 e. The molecule has 1 unspecified atom stereocenters. The van der Waals surface area contributed by atoms with E-state index < -0.39 is 6.04 Å². The largest absolute Gasteiger partial charge is 0.352 e. The minimum Gasteiger partial charge on any atom is -0.352 e. The second-order valence-electron chi connectivity index (χ2n) is 7.16. The molecule has 0 spiro atoms. The number of hydrogen-bond acceptors (Lipinski definition) is 3. The van der Waals surface area contributed by atoms with E-state index in [2.05, 4.69) is 40.5 Å². The molecule has 0 saturated carbocycles. The van der Waals surface area contributed by atoms with E-state index in [9.17, 15) is 4.79 Å². The number of piperidine rings is 1. The van der Waals surface area contributed by atoms with Gasteiger partial charge in [-0.15, -0.1) is 24.8 Å². The van der Waals surface area contributed by atoms with Gasteiger partial charge in [0.2, 0.25) is 5.91 Å². The Morgan fingerprint density at radius 3 is 2.07 bits per heavy atom. The van der Waals surface area contributed by atoms with Gasteiger partial charge >= 0.3 is 0 Å². The quantitative estimate of drug-likeness (QED) is 0.718. The summed E-state index contributed by atoms with van der Waals surface area (Å²) in [5.74, 6) is -0.0309. The van der Waals surface area contributed by atoms with Crippen molar-refractivity contribution in [2.75, 3.05) is 19.6 Å². The summed E-state index contributed by atoms with van der Waals surface area (Å²) in [5.41, 5.74) is 8.57. The molecule has 2 aromatic rings. The van der Waals surface area contributed by atoms with Crippen LogP contribution in [0.4, 0.5) is 0 Å². The van der Waals surface area contributed by atoms with Gasteiger partial charge in [0.1, 0.15) is 0 Å². The topological polar surface area (TPSA) is 58.4 Å². The van der Waals surface area contributed by atoms with E-state index in [1.165, 1.54) is 5.56 Å². The van der Waals surface area contributed by atoms with Crippen LogP contribution in [0.3, 0.4) is 0 Å². The number of benzene rings is 2. The Kier molecular flexibility index (Phi) is 11.2. The number of nitrogens with zero attached hydrogens (tertiary/aromatic N) is 1. The molecule has 6 heteroatoms. The third kappa shape index (κ3) is 7.80. The summed E-state index contributed by atoms with van der Waals surface area (Å²) in [6.45, 7) is 3.15. The number of amides is 1. The molecule has 4 nitrogen and oxygen atoms in total. The number of likely N-dealkylation sites (tertiary alicyclic amines) is 1. The lowest BCUT2D eigenvalue weighted by atomic mass is 10.0. The molecule has 3 N–H and O–H groups in total. The van der Waals surface area contributed by atoms with Crippen LogP contribution in [-0.2, 0) is 17.6 Å². The van der Waals surface area contributed by atoms with Crippen LogP contribution < -0.4 is 11.1 Å². The lowest BCUT2D eigenvalue weighted by molar-refractivity contribution is -0.123. The van der Waals surface area contributed by atoms with Gasteiger partial charge in [-0.2, -0.15) is 0 Å². The molecule has 28 heavy (non-hydrogen) atoms. The number of carbonyl (C=O) groups is 1. The van der Waals surface area contributed by atoms with Gasteiger partial charge in [0, 0.05) is 25.7 Å². The minimum atomic E-state index is -0.478. The Labute approximate surface area is 180 Å². The normalized spacial score (nSPS) is 15.8. The Bertz CT molecular complexity index is 677. The van der Waals surface area contributed by atoms with Crippen LogP contribution in [0.25, 0.3) is 0 Å². The Morgan fingerprint density at radius 1 is 0.964 bits per heavy atom. The zero-order chi connectivity index (χ0) is 18.2. The average Bonchev–Trinajstić information content (AvgIpc) is 2.69. The van der Waals surface area contributed by atoms with Crippen LogP contribution in [0.1, 0.15) is 24.0 Å². The molecule has 0 aliphatic carbocycles. The number of nitrogens with one attached hydrogen (secondary N) is 1. The summed E-state index contributed by atoms with van der Waals surface area (Å²) < 4.78 is 0. The SMILES string of the molecule is Cl.Cl.NC(Cc1ccccc1)C(=O)NC1CCN(CCc2ccccc2)CC1. The van der Waals surface area contributed by atoms with Crippen LogP contribution in [0.15, 0.2) is 60.7 Å². The molecule has 1 atom stereocenters. The van der Waals surface area contributed by atoms with Gasteiger partial charge in [-0.25, -0.2) is 0 Å². The second kappa shape index (κ2) is 12.8. The summed E-state index contributed by atoms with van der Waals surface area (Å²) in [7, 11) is 0. The van der Waals surface area contributed by atoms with Gasteiger partial charge in [0.15, 0.2) is 0 Å². The van der Waals surface area contributed by atoms with Crippen molar-refractivity contribution >= 4 is 30.7 Å². The van der Waals surface area contributed by atoms with Gasteiger partial charge in [0.25, 0.3) is 0 Å². The predicted molar refractivity (Wildman–Crippen MR) is 120 cm³/mol. The van der Waals surface area contributed by atoms with Crippen molar-refractivity contribution in [1.82, 2.24) is 10.2 Å². The molecule has 1 heterocycles. The van der Waals surface area contributed by atoms with Gasteiger partial charge in [-0.3, -0.25) is 4.79 Å². The van der Waals surface area contributed by atoms with Crippen LogP contribution in [-0.4, -0.2) is 42.5 Å². The van der Waals surface area contributed by atoms with Crippen LogP contribution >= 0.6 is 24.8 Å². The van der Waals surface area contributed by atoms with Gasteiger partial charge in [-0.1, -0.05) is 60.7 Å². The highest BCUT2D eigenvalue weighted by molar-refractivity contribution is 5.85. The summed E-state index contributed by atoms with van der Waals surface area (Å²) in [5, 5.41) is 3.14. The third-order valence-corrected chi connectivity index (χ3v) is 5.13. The summed E-state index contributed by atoms with van der Waals surface area (Å²) in [4.78, 5) is 14.8. The lowest BCUT2D eigenvalue weighted by Gasteiger charge is -2.32. The van der Waals surface area contributed by atoms with E-state index in [1.807, 2.05) is 30.3 Å². The van der Waals surface area contributed by atoms with Crippen molar-refractivity contribution in [3.8, 4) is 0 Å². The zero-order valence-corrected chi connectivity index (χ0v) is 17.8. The van der Waals surface area contributed by atoms with Gasteiger partial charge in [0.05, 0.1) is 6.04 Å². The molecule has 1 aliphatic rings. The Morgan fingerprint density at radius 2 is 1.50 bits per heavy atom. The number of nitrogens with two attached hydrogens (primary N) is 1. The van der Waals surface area contributed by atoms with E-state index in [1.54, 1.807) is 0 Å². The molecule has 2 aromatic carbocycles. The van der Waals surface area contributed by atoms with E-state index in [-0.39, 0.29) is 36.8 Å². The fourth-order valence-electron chi connectivity index (χ4n) is 3.50. The summed E-state index contributed by atoms with van der Waals surface area (Å²) in [6.07, 6.45) is 3.67. The zero-order valence-electron chi connectivity index (χ0n) is 16.1. The number of carbonyl (C=O) groups excluding carboxylic acids is 1. The van der Waals surface area contributed by atoms with Crippen molar-refractivity contribution < 1.29 is 4.79 Å². The first-order valence-electron chi connectivity index (χ1n) is 9.57. The highest BCUT2D eigenvalue weighted by Crippen LogP contribution is 2.12. The van der Waals surface area contributed by atoms with Crippen LogP contribution in [0, 0.1) is 0 Å². The fraction of sp³-hybridized carbons (Fsp3) is 0.409. The van der Waals surface area contributed by atoms with E-state index >= 15 is 0 Å². The number of hydrogen-bond donors (Lipinski definition) is 2. The van der Waals surface area contributed by atoms with Crippen LogP contribution in [0.2, 0.25) is 0 Å². The van der Waals surface area contributed by atoms with Gasteiger partial charge < -0.3 is 16.0 Å². The van der Waals surface area contributed by atoms with E-state index in [4.69, 9.17) is 5.73 Å². The maximum absolute atomic E-state index is 12.4. The Hall–Kier alpha value is -1.59. The van der Waals surface area contributed by atoms with Crippen molar-refractivity contribution in [3.63, 3.8) is 0 Å². The first kappa shape index (κ1) is 24.4. The molecular formula is C22H31Cl2N3O. The number of rotatable bonds is 7.